The highest BCUT2D eigenvalue weighted by molar-refractivity contribution is 5.95. The van der Waals surface area contributed by atoms with E-state index >= 15 is 0 Å². The zero-order valence-electron chi connectivity index (χ0n) is 14.0. The van der Waals surface area contributed by atoms with Crippen LogP contribution in [0.2, 0.25) is 0 Å². The molecule has 5 nitrogen and oxygen atoms in total. The van der Waals surface area contributed by atoms with E-state index in [4.69, 9.17) is 0 Å². The van der Waals surface area contributed by atoms with E-state index in [0.717, 1.165) is 22.0 Å². The Labute approximate surface area is 149 Å². The number of nitrogens with one attached hydrogen (secondary N) is 2. The lowest BCUT2D eigenvalue weighted by Gasteiger charge is -2.35. The fourth-order valence-electron chi connectivity index (χ4n) is 3.39. The maximum Gasteiger partial charge on any atom is 0.243 e. The van der Waals surface area contributed by atoms with Crippen LogP contribution in [-0.4, -0.2) is 34.3 Å². The van der Waals surface area contributed by atoms with Gasteiger partial charge in [0.15, 0.2) is 0 Å². The summed E-state index contributed by atoms with van der Waals surface area (Å²) >= 11 is 0. The minimum Gasteiger partial charge on any atom is -0.361 e. The molecule has 1 aromatic heterocycles. The summed E-state index contributed by atoms with van der Waals surface area (Å²) in [6.07, 6.45) is 2.30. The number of piperazine rings is 1. The SMILES string of the molecule is O=C1NCC(=O)N(Cc2ccc(F)cc2)[C@@H]1Cc1c[nH]c2ccccc12. The zero-order valence-corrected chi connectivity index (χ0v) is 14.0. The third-order valence-electron chi connectivity index (χ3n) is 4.77. The highest BCUT2D eigenvalue weighted by Crippen LogP contribution is 2.22. The molecule has 0 saturated carbocycles. The van der Waals surface area contributed by atoms with Crippen molar-refractivity contribution in [2.24, 2.45) is 0 Å². The van der Waals surface area contributed by atoms with Gasteiger partial charge in [0.05, 0.1) is 6.54 Å². The molecule has 4 rings (SSSR count). The first-order valence-corrected chi connectivity index (χ1v) is 8.48. The lowest BCUT2D eigenvalue weighted by atomic mass is 10.0. The molecule has 2 N–H and O–H groups in total. The molecule has 1 aliphatic rings. The molecule has 132 valence electrons. The van der Waals surface area contributed by atoms with Crippen molar-refractivity contribution in [1.82, 2.24) is 15.2 Å². The molecule has 1 atom stereocenters. The summed E-state index contributed by atoms with van der Waals surface area (Å²) in [4.78, 5) is 29.7. The number of hydrogen-bond donors (Lipinski definition) is 2. The van der Waals surface area contributed by atoms with Crippen LogP contribution in [0.3, 0.4) is 0 Å². The van der Waals surface area contributed by atoms with Gasteiger partial charge in [0, 0.05) is 30.1 Å². The van der Waals surface area contributed by atoms with E-state index < -0.39 is 6.04 Å². The molecule has 2 aromatic carbocycles. The lowest BCUT2D eigenvalue weighted by Crippen LogP contribution is -2.58. The van der Waals surface area contributed by atoms with Crippen LogP contribution >= 0.6 is 0 Å². The molecule has 3 aromatic rings. The molecule has 1 aliphatic heterocycles. The van der Waals surface area contributed by atoms with Crippen LogP contribution in [-0.2, 0) is 22.6 Å². The first kappa shape index (κ1) is 16.3. The first-order chi connectivity index (χ1) is 12.6. The van der Waals surface area contributed by atoms with E-state index in [1.807, 2.05) is 30.5 Å². The van der Waals surface area contributed by atoms with Crippen molar-refractivity contribution in [2.75, 3.05) is 6.54 Å². The van der Waals surface area contributed by atoms with Gasteiger partial charge < -0.3 is 15.2 Å². The number of H-pyrrole nitrogens is 1. The summed E-state index contributed by atoms with van der Waals surface area (Å²) in [5, 5.41) is 3.71. The lowest BCUT2D eigenvalue weighted by molar-refractivity contribution is -0.146. The zero-order chi connectivity index (χ0) is 18.1. The van der Waals surface area contributed by atoms with Crippen LogP contribution in [0.1, 0.15) is 11.1 Å². The Morgan fingerprint density at radius 2 is 1.85 bits per heavy atom. The number of rotatable bonds is 4. The number of halogens is 1. The van der Waals surface area contributed by atoms with E-state index in [2.05, 4.69) is 10.3 Å². The van der Waals surface area contributed by atoms with Crippen LogP contribution in [0.4, 0.5) is 4.39 Å². The minimum absolute atomic E-state index is 0.00951. The second kappa shape index (κ2) is 6.63. The van der Waals surface area contributed by atoms with Crippen LogP contribution < -0.4 is 5.32 Å². The molecule has 0 radical (unpaired) electrons. The molecule has 6 heteroatoms. The Balaban J connectivity index is 1.63. The number of hydrogen-bond acceptors (Lipinski definition) is 2. The Morgan fingerprint density at radius 1 is 1.08 bits per heavy atom. The third kappa shape index (κ3) is 3.06. The Hall–Kier alpha value is -3.15. The van der Waals surface area contributed by atoms with E-state index in [0.29, 0.717) is 6.42 Å². The molecule has 0 aliphatic carbocycles. The predicted molar refractivity (Wildman–Crippen MR) is 95.8 cm³/mol. The maximum absolute atomic E-state index is 13.1. The van der Waals surface area contributed by atoms with E-state index in [1.54, 1.807) is 17.0 Å². The van der Waals surface area contributed by atoms with Crippen LogP contribution in [0.5, 0.6) is 0 Å². The highest BCUT2D eigenvalue weighted by Gasteiger charge is 2.34. The van der Waals surface area contributed by atoms with Gasteiger partial charge >= 0.3 is 0 Å². The normalized spacial score (nSPS) is 17.6. The summed E-state index contributed by atoms with van der Waals surface area (Å²) in [7, 11) is 0. The molecule has 1 saturated heterocycles. The van der Waals surface area contributed by atoms with E-state index in [-0.39, 0.29) is 30.7 Å². The number of amides is 2. The fraction of sp³-hybridized carbons (Fsp3) is 0.200. The summed E-state index contributed by atoms with van der Waals surface area (Å²) in [5.74, 6) is -0.637. The number of aromatic amines is 1. The average molecular weight is 351 g/mol. The average Bonchev–Trinajstić information content (AvgIpc) is 3.06. The maximum atomic E-state index is 13.1. The second-order valence-electron chi connectivity index (χ2n) is 6.45. The highest BCUT2D eigenvalue weighted by atomic mass is 19.1. The van der Waals surface area contributed by atoms with Crippen molar-refractivity contribution < 1.29 is 14.0 Å². The Morgan fingerprint density at radius 3 is 2.65 bits per heavy atom. The van der Waals surface area contributed by atoms with Gasteiger partial charge in [-0.15, -0.1) is 0 Å². The third-order valence-corrected chi connectivity index (χ3v) is 4.77. The topological polar surface area (TPSA) is 65.2 Å². The Bertz CT molecular complexity index is 965. The Kier molecular flexibility index (Phi) is 4.16. The molecule has 0 spiro atoms. The van der Waals surface area contributed by atoms with Crippen LogP contribution in [0.15, 0.2) is 54.7 Å². The number of benzene rings is 2. The number of carbonyl (C=O) groups excluding carboxylic acids is 2. The largest absolute Gasteiger partial charge is 0.361 e. The second-order valence-corrected chi connectivity index (χ2v) is 6.45. The van der Waals surface area contributed by atoms with Gasteiger partial charge in [0.1, 0.15) is 11.9 Å². The van der Waals surface area contributed by atoms with Crippen LogP contribution in [0, 0.1) is 5.82 Å². The van der Waals surface area contributed by atoms with Gasteiger partial charge in [0.2, 0.25) is 11.8 Å². The van der Waals surface area contributed by atoms with Crippen molar-refractivity contribution in [3.8, 4) is 0 Å². The van der Waals surface area contributed by atoms with Crippen molar-refractivity contribution in [2.45, 2.75) is 19.0 Å². The quantitative estimate of drug-likeness (QED) is 0.758. The number of nitrogens with zero attached hydrogens (tertiary/aromatic N) is 1. The predicted octanol–water partition coefficient (Wildman–Crippen LogP) is 2.38. The van der Waals surface area contributed by atoms with Gasteiger partial charge in [-0.25, -0.2) is 4.39 Å². The molecule has 2 heterocycles. The molecule has 0 unspecified atom stereocenters. The monoisotopic (exact) mass is 351 g/mol. The fourth-order valence-corrected chi connectivity index (χ4v) is 3.39. The molecular formula is C20H18FN3O2. The van der Waals surface area contributed by atoms with Gasteiger partial charge in [-0.3, -0.25) is 9.59 Å². The molecule has 0 bridgehead atoms. The summed E-state index contributed by atoms with van der Waals surface area (Å²) in [5.41, 5.74) is 2.77. The smallest absolute Gasteiger partial charge is 0.243 e. The standard InChI is InChI=1S/C20H18FN3O2/c21-15-7-5-13(6-8-15)12-24-18(20(26)23-11-19(24)25)9-14-10-22-17-4-2-1-3-16(14)17/h1-8,10,18,22H,9,11-12H2,(H,23,26)/t18-/m1/s1. The molecular weight excluding hydrogens is 333 g/mol. The number of fused-ring (bicyclic) bond motifs is 1. The van der Waals surface area contributed by atoms with Crippen molar-refractivity contribution in [1.29, 1.82) is 0 Å². The van der Waals surface area contributed by atoms with Gasteiger partial charge in [-0.05, 0) is 29.3 Å². The van der Waals surface area contributed by atoms with E-state index in [1.165, 1.54) is 12.1 Å². The molecule has 1 fully saturated rings. The van der Waals surface area contributed by atoms with Crippen molar-refractivity contribution >= 4 is 22.7 Å². The molecule has 26 heavy (non-hydrogen) atoms. The number of para-hydroxylation sites is 1. The van der Waals surface area contributed by atoms with Crippen LogP contribution in [0.25, 0.3) is 10.9 Å². The number of aromatic nitrogens is 1. The van der Waals surface area contributed by atoms with Crippen molar-refractivity contribution in [3.63, 3.8) is 0 Å². The summed E-state index contributed by atoms with van der Waals surface area (Å²) in [6, 6.07) is 13.3. The summed E-state index contributed by atoms with van der Waals surface area (Å²) < 4.78 is 13.1. The summed E-state index contributed by atoms with van der Waals surface area (Å²) in [6.45, 7) is 0.268. The molecule has 2 amide bonds. The van der Waals surface area contributed by atoms with Gasteiger partial charge in [-0.1, -0.05) is 30.3 Å². The van der Waals surface area contributed by atoms with E-state index in [9.17, 15) is 14.0 Å². The van der Waals surface area contributed by atoms with Gasteiger partial charge in [0.25, 0.3) is 0 Å². The van der Waals surface area contributed by atoms with Crippen molar-refractivity contribution in [3.05, 3.63) is 71.7 Å². The van der Waals surface area contributed by atoms with Gasteiger partial charge in [-0.2, -0.15) is 0 Å². The first-order valence-electron chi connectivity index (χ1n) is 8.48. The number of carbonyl (C=O) groups is 2. The minimum atomic E-state index is -0.597.